The molecule has 0 radical (unpaired) electrons. The molecule has 5 heteroatoms. The average Bonchev–Trinajstić information content (AvgIpc) is 2.89. The maximum atomic E-state index is 12.5. The number of rotatable bonds is 10. The van der Waals surface area contributed by atoms with Crippen LogP contribution in [0.5, 0.6) is 0 Å². The van der Waals surface area contributed by atoms with E-state index < -0.39 is 14.4 Å². The van der Waals surface area contributed by atoms with Crippen molar-refractivity contribution in [2.45, 2.75) is 51.0 Å². The standard InChI is InChI=1S/C31H36O4Si/c1-31(2,3)36(27-15-9-5-10-16-27,28-17-11-6-12-18-28)34-24-26-19-20-29(32)30(35-26)21-22-33-23-25-13-7-4-8-14-25/h4-20,26,30H,21-24H2,1-3H3/t26-,30-/m0/s1. The first kappa shape index (κ1) is 26.2. The van der Waals surface area contributed by atoms with Crippen molar-refractivity contribution in [1.82, 2.24) is 0 Å². The Balaban J connectivity index is 1.46. The normalized spacial score (nSPS) is 18.4. The van der Waals surface area contributed by atoms with Crippen LogP contribution >= 0.6 is 0 Å². The van der Waals surface area contributed by atoms with E-state index in [0.29, 0.717) is 26.2 Å². The van der Waals surface area contributed by atoms with Crippen molar-refractivity contribution < 1.29 is 18.7 Å². The van der Waals surface area contributed by atoms with E-state index >= 15 is 0 Å². The summed E-state index contributed by atoms with van der Waals surface area (Å²) in [6, 6.07) is 31.2. The molecule has 0 unspecified atom stereocenters. The first-order chi connectivity index (χ1) is 17.4. The molecule has 188 valence electrons. The summed E-state index contributed by atoms with van der Waals surface area (Å²) in [5, 5.41) is 2.34. The number of carbonyl (C=O) groups is 1. The third kappa shape index (κ3) is 6.10. The van der Waals surface area contributed by atoms with E-state index in [2.05, 4.69) is 69.3 Å². The van der Waals surface area contributed by atoms with Crippen LogP contribution in [-0.4, -0.2) is 39.5 Å². The Kier molecular flexibility index (Phi) is 8.70. The van der Waals surface area contributed by atoms with Crippen molar-refractivity contribution in [1.29, 1.82) is 0 Å². The lowest BCUT2D eigenvalue weighted by Crippen LogP contribution is -2.67. The summed E-state index contributed by atoms with van der Waals surface area (Å²) in [6.07, 6.45) is 3.19. The van der Waals surface area contributed by atoms with Crippen LogP contribution in [0.1, 0.15) is 32.8 Å². The zero-order valence-electron chi connectivity index (χ0n) is 21.4. The van der Waals surface area contributed by atoms with Gasteiger partial charge in [-0.1, -0.05) is 112 Å². The molecule has 0 fully saturated rings. The highest BCUT2D eigenvalue weighted by Crippen LogP contribution is 2.37. The van der Waals surface area contributed by atoms with Crippen molar-refractivity contribution >= 4 is 24.5 Å². The van der Waals surface area contributed by atoms with Gasteiger partial charge in [0.2, 0.25) is 0 Å². The van der Waals surface area contributed by atoms with Gasteiger partial charge in [0.1, 0.15) is 6.10 Å². The molecule has 3 aromatic rings. The summed E-state index contributed by atoms with van der Waals surface area (Å²) in [5.41, 5.74) is 1.12. The van der Waals surface area contributed by atoms with Crippen LogP contribution in [0.4, 0.5) is 0 Å². The molecule has 0 saturated carbocycles. The molecule has 3 aromatic carbocycles. The molecular formula is C31H36O4Si. The van der Waals surface area contributed by atoms with Gasteiger partial charge in [0.15, 0.2) is 5.78 Å². The zero-order valence-corrected chi connectivity index (χ0v) is 22.4. The summed E-state index contributed by atoms with van der Waals surface area (Å²) in [6.45, 7) is 8.14. The van der Waals surface area contributed by atoms with Gasteiger partial charge in [-0.3, -0.25) is 4.79 Å². The molecule has 2 atom stereocenters. The molecular weight excluding hydrogens is 464 g/mol. The lowest BCUT2D eigenvalue weighted by Gasteiger charge is -2.43. The highest BCUT2D eigenvalue weighted by atomic mass is 28.4. The van der Waals surface area contributed by atoms with Crippen LogP contribution in [-0.2, 0) is 25.3 Å². The average molecular weight is 501 g/mol. The van der Waals surface area contributed by atoms with Gasteiger partial charge >= 0.3 is 0 Å². The first-order valence-corrected chi connectivity index (χ1v) is 14.6. The molecule has 0 saturated heterocycles. The molecule has 0 aromatic heterocycles. The lowest BCUT2D eigenvalue weighted by atomic mass is 10.1. The second-order valence-electron chi connectivity index (χ2n) is 10.2. The topological polar surface area (TPSA) is 44.8 Å². The van der Waals surface area contributed by atoms with Crippen molar-refractivity contribution in [3.05, 3.63) is 109 Å². The fraction of sp³-hybridized carbons (Fsp3) is 0.323. The number of carbonyl (C=O) groups excluding carboxylic acids is 1. The van der Waals surface area contributed by atoms with Crippen LogP contribution in [0.15, 0.2) is 103 Å². The van der Waals surface area contributed by atoms with Gasteiger partial charge in [-0.15, -0.1) is 0 Å². The van der Waals surface area contributed by atoms with E-state index in [-0.39, 0.29) is 16.9 Å². The van der Waals surface area contributed by atoms with Crippen molar-refractivity contribution in [2.75, 3.05) is 13.2 Å². The second kappa shape index (κ2) is 11.9. The fourth-order valence-electron chi connectivity index (χ4n) is 4.86. The van der Waals surface area contributed by atoms with Crippen molar-refractivity contribution in [2.24, 2.45) is 0 Å². The van der Waals surface area contributed by atoms with Crippen LogP contribution in [0.2, 0.25) is 5.04 Å². The maximum absolute atomic E-state index is 12.5. The van der Waals surface area contributed by atoms with Gasteiger partial charge in [-0.2, -0.15) is 0 Å². The molecule has 0 aliphatic carbocycles. The number of hydrogen-bond donors (Lipinski definition) is 0. The summed E-state index contributed by atoms with van der Waals surface area (Å²) in [5.74, 6) is -0.0139. The molecule has 0 N–H and O–H groups in total. The van der Waals surface area contributed by atoms with Crippen LogP contribution in [0, 0.1) is 0 Å². The number of ether oxygens (including phenoxy) is 2. The van der Waals surface area contributed by atoms with Gasteiger partial charge in [0.25, 0.3) is 8.32 Å². The van der Waals surface area contributed by atoms with Crippen molar-refractivity contribution in [3.63, 3.8) is 0 Å². The highest BCUT2D eigenvalue weighted by Gasteiger charge is 2.50. The van der Waals surface area contributed by atoms with Gasteiger partial charge < -0.3 is 13.9 Å². The van der Waals surface area contributed by atoms with E-state index in [0.717, 1.165) is 5.56 Å². The zero-order chi connectivity index (χ0) is 25.4. The van der Waals surface area contributed by atoms with E-state index in [1.54, 1.807) is 6.08 Å². The van der Waals surface area contributed by atoms with E-state index in [1.807, 2.05) is 48.5 Å². The number of benzene rings is 3. The predicted molar refractivity (Wildman–Crippen MR) is 147 cm³/mol. The Morgan fingerprint density at radius 2 is 1.39 bits per heavy atom. The largest absolute Gasteiger partial charge is 0.404 e. The predicted octanol–water partition coefficient (Wildman–Crippen LogP) is 5.06. The number of ketones is 1. The SMILES string of the molecule is CC(C)(C)[Si](OC[C@@H]1C=CC(=O)[C@H](CCOCc2ccccc2)O1)(c1ccccc1)c1ccccc1. The molecule has 0 spiro atoms. The lowest BCUT2D eigenvalue weighted by molar-refractivity contribution is -0.132. The fourth-order valence-corrected chi connectivity index (χ4v) is 9.43. The molecule has 4 rings (SSSR count). The highest BCUT2D eigenvalue weighted by molar-refractivity contribution is 6.99. The molecule has 4 nitrogen and oxygen atoms in total. The Morgan fingerprint density at radius 1 is 0.833 bits per heavy atom. The van der Waals surface area contributed by atoms with Gasteiger partial charge in [-0.25, -0.2) is 0 Å². The van der Waals surface area contributed by atoms with E-state index in [9.17, 15) is 4.79 Å². The minimum Gasteiger partial charge on any atom is -0.404 e. The van der Waals surface area contributed by atoms with Crippen LogP contribution in [0.3, 0.4) is 0 Å². The second-order valence-corrected chi connectivity index (χ2v) is 14.5. The van der Waals surface area contributed by atoms with E-state index in [4.69, 9.17) is 13.9 Å². The molecule has 1 aliphatic heterocycles. The third-order valence-corrected chi connectivity index (χ3v) is 11.7. The van der Waals surface area contributed by atoms with Gasteiger partial charge in [0.05, 0.1) is 19.3 Å². The summed E-state index contributed by atoms with van der Waals surface area (Å²) < 4.78 is 19.0. The maximum Gasteiger partial charge on any atom is 0.261 e. The number of hydrogen-bond acceptors (Lipinski definition) is 4. The quantitative estimate of drug-likeness (QED) is 0.288. The van der Waals surface area contributed by atoms with E-state index in [1.165, 1.54) is 10.4 Å². The summed E-state index contributed by atoms with van der Waals surface area (Å²) in [4.78, 5) is 12.5. The van der Waals surface area contributed by atoms with Gasteiger partial charge in [0, 0.05) is 13.0 Å². The smallest absolute Gasteiger partial charge is 0.261 e. The third-order valence-electron chi connectivity index (χ3n) is 6.65. The van der Waals surface area contributed by atoms with Crippen LogP contribution in [0.25, 0.3) is 0 Å². The minimum atomic E-state index is -2.66. The Hall–Kier alpha value is -2.83. The molecule has 36 heavy (non-hydrogen) atoms. The molecule has 1 aliphatic rings. The molecule has 0 amide bonds. The van der Waals surface area contributed by atoms with Gasteiger partial charge in [-0.05, 0) is 33.1 Å². The molecule has 1 heterocycles. The Morgan fingerprint density at radius 3 is 1.94 bits per heavy atom. The Bertz CT molecular complexity index is 1080. The Labute approximate surface area is 216 Å². The van der Waals surface area contributed by atoms with Crippen LogP contribution < -0.4 is 10.4 Å². The molecule has 0 bridgehead atoms. The first-order valence-electron chi connectivity index (χ1n) is 12.6. The monoisotopic (exact) mass is 500 g/mol. The minimum absolute atomic E-state index is 0.0139. The summed E-state index contributed by atoms with van der Waals surface area (Å²) >= 11 is 0. The van der Waals surface area contributed by atoms with Crippen molar-refractivity contribution in [3.8, 4) is 0 Å². The summed E-state index contributed by atoms with van der Waals surface area (Å²) in [7, 11) is -2.66.